The lowest BCUT2D eigenvalue weighted by atomic mass is 10.2. The first-order valence-electron chi connectivity index (χ1n) is 3.47. The zero-order chi connectivity index (χ0) is 10.7. The quantitative estimate of drug-likeness (QED) is 0.439. The van der Waals surface area contributed by atoms with E-state index in [1.165, 1.54) is 12.1 Å². The van der Waals surface area contributed by atoms with E-state index >= 15 is 0 Å². The van der Waals surface area contributed by atoms with E-state index in [1.54, 1.807) is 0 Å². The van der Waals surface area contributed by atoms with Crippen LogP contribution in [0, 0.1) is 10.1 Å². The van der Waals surface area contributed by atoms with E-state index < -0.39 is 12.2 Å². The molecule has 2 N–H and O–H groups in total. The van der Waals surface area contributed by atoms with Crippen molar-refractivity contribution >= 4 is 24.6 Å². The van der Waals surface area contributed by atoms with Crippen LogP contribution < -0.4 is 4.65 Å². The number of rotatable bonds is 3. The van der Waals surface area contributed by atoms with Crippen molar-refractivity contribution in [3.05, 3.63) is 33.3 Å². The second-order valence-corrected chi connectivity index (χ2v) is 2.72. The van der Waals surface area contributed by atoms with Gasteiger partial charge in [0.25, 0.3) is 5.69 Å². The van der Waals surface area contributed by atoms with Crippen LogP contribution in [0.2, 0.25) is 5.02 Å². The average Bonchev–Trinajstić information content (AvgIpc) is 2.07. The Morgan fingerprint density at radius 1 is 1.50 bits per heavy atom. The first-order chi connectivity index (χ1) is 6.50. The van der Waals surface area contributed by atoms with Crippen molar-refractivity contribution in [3.63, 3.8) is 0 Å². The summed E-state index contributed by atoms with van der Waals surface area (Å²) in [4.78, 5) is 9.70. The number of hydrogen-bond donors (Lipinski definition) is 2. The van der Waals surface area contributed by atoms with E-state index in [-0.39, 0.29) is 16.5 Å². The van der Waals surface area contributed by atoms with Crippen LogP contribution in [0.25, 0.3) is 0 Å². The van der Waals surface area contributed by atoms with Gasteiger partial charge >= 0.3 is 7.32 Å². The molecule has 0 saturated carbocycles. The predicted molar refractivity (Wildman–Crippen MR) is 48.9 cm³/mol. The molecule has 74 valence electrons. The van der Waals surface area contributed by atoms with Gasteiger partial charge in [-0.05, 0) is 12.1 Å². The first kappa shape index (κ1) is 10.8. The van der Waals surface area contributed by atoms with Crippen LogP contribution in [0.4, 0.5) is 5.69 Å². The van der Waals surface area contributed by atoms with Crippen LogP contribution >= 0.6 is 11.6 Å². The Hall–Kier alpha value is -1.31. The molecule has 0 saturated heterocycles. The normalized spacial score (nSPS) is 9.64. The van der Waals surface area contributed by atoms with Crippen LogP contribution in [0.3, 0.4) is 0 Å². The Morgan fingerprint density at radius 3 is 2.64 bits per heavy atom. The van der Waals surface area contributed by atoms with E-state index in [4.69, 9.17) is 21.6 Å². The fourth-order valence-corrected chi connectivity index (χ4v) is 1.01. The smallest absolute Gasteiger partial charge is 0.512 e. The summed E-state index contributed by atoms with van der Waals surface area (Å²) >= 11 is 5.51. The van der Waals surface area contributed by atoms with Crippen molar-refractivity contribution in [2.45, 2.75) is 0 Å². The van der Waals surface area contributed by atoms with Gasteiger partial charge < -0.3 is 14.7 Å². The minimum atomic E-state index is -2.02. The van der Waals surface area contributed by atoms with E-state index in [2.05, 4.69) is 4.65 Å². The number of nitrogens with zero attached hydrogens (tertiary/aromatic N) is 1. The summed E-state index contributed by atoms with van der Waals surface area (Å²) in [5.74, 6) is -0.0453. The van der Waals surface area contributed by atoms with Crippen molar-refractivity contribution < 1.29 is 19.6 Å². The third-order valence-electron chi connectivity index (χ3n) is 1.36. The van der Waals surface area contributed by atoms with Gasteiger partial charge in [0.1, 0.15) is 10.8 Å². The summed E-state index contributed by atoms with van der Waals surface area (Å²) in [6.45, 7) is 0. The van der Waals surface area contributed by atoms with Gasteiger partial charge in [0.15, 0.2) is 0 Å². The van der Waals surface area contributed by atoms with Crippen LogP contribution in [-0.4, -0.2) is 22.3 Å². The summed E-state index contributed by atoms with van der Waals surface area (Å²) in [6.07, 6.45) is 0. The third-order valence-corrected chi connectivity index (χ3v) is 1.68. The second kappa shape index (κ2) is 4.27. The summed E-state index contributed by atoms with van der Waals surface area (Å²) < 4.78 is 4.41. The standard InChI is InChI=1S/C6H5BClNO5/c8-5-2-1-4(14-7(10)11)3-6(5)9(12)13/h1-3,10-11H. The van der Waals surface area contributed by atoms with Gasteiger partial charge in [-0.3, -0.25) is 10.1 Å². The van der Waals surface area contributed by atoms with Gasteiger partial charge in [-0.25, -0.2) is 0 Å². The number of hydrogen-bond acceptors (Lipinski definition) is 5. The van der Waals surface area contributed by atoms with Crippen molar-refractivity contribution in [3.8, 4) is 5.75 Å². The van der Waals surface area contributed by atoms with Crippen molar-refractivity contribution in [2.24, 2.45) is 0 Å². The van der Waals surface area contributed by atoms with Gasteiger partial charge in [-0.1, -0.05) is 11.6 Å². The van der Waals surface area contributed by atoms with Gasteiger partial charge in [0.05, 0.1) is 11.0 Å². The summed E-state index contributed by atoms with van der Waals surface area (Å²) in [6, 6.07) is 3.52. The SMILES string of the molecule is O=[N+]([O-])c1cc(OB(O)O)ccc1Cl. The van der Waals surface area contributed by atoms with E-state index in [0.717, 1.165) is 6.07 Å². The molecule has 0 unspecified atom stereocenters. The molecule has 0 bridgehead atoms. The average molecular weight is 217 g/mol. The highest BCUT2D eigenvalue weighted by atomic mass is 35.5. The van der Waals surface area contributed by atoms with Crippen molar-refractivity contribution in [1.29, 1.82) is 0 Å². The minimum Gasteiger partial charge on any atom is -0.512 e. The molecule has 0 fully saturated rings. The monoisotopic (exact) mass is 217 g/mol. The molecule has 0 amide bonds. The molecule has 6 nitrogen and oxygen atoms in total. The van der Waals surface area contributed by atoms with Crippen LogP contribution in [0.15, 0.2) is 18.2 Å². The zero-order valence-corrected chi connectivity index (χ0v) is 7.51. The molecule has 0 atom stereocenters. The number of nitro groups is 1. The first-order valence-corrected chi connectivity index (χ1v) is 3.85. The summed E-state index contributed by atoms with van der Waals surface area (Å²) in [5, 5.41) is 27.2. The predicted octanol–water partition coefficient (Wildman–Crippen LogP) is 0.596. The molecule has 1 aromatic rings. The molecular weight excluding hydrogens is 212 g/mol. The molecule has 0 radical (unpaired) electrons. The lowest BCUT2D eigenvalue weighted by Crippen LogP contribution is -2.20. The van der Waals surface area contributed by atoms with Crippen LogP contribution in [0.5, 0.6) is 5.75 Å². The Labute approximate surface area is 84.0 Å². The second-order valence-electron chi connectivity index (χ2n) is 2.31. The van der Waals surface area contributed by atoms with Gasteiger partial charge in [0, 0.05) is 0 Å². The molecule has 0 aliphatic carbocycles. The molecule has 8 heteroatoms. The number of benzene rings is 1. The number of halogens is 1. The molecule has 0 spiro atoms. The Bertz CT molecular complexity index is 358. The molecule has 0 aliphatic rings. The Balaban J connectivity index is 3.00. The van der Waals surface area contributed by atoms with Crippen molar-refractivity contribution in [2.75, 3.05) is 0 Å². The molecule has 1 rings (SSSR count). The molecule has 0 aliphatic heterocycles. The zero-order valence-electron chi connectivity index (χ0n) is 6.75. The lowest BCUT2D eigenvalue weighted by Gasteiger charge is -2.04. The molecule has 1 aromatic carbocycles. The fourth-order valence-electron chi connectivity index (χ4n) is 0.827. The maximum atomic E-state index is 10.4. The molecule has 14 heavy (non-hydrogen) atoms. The Kier molecular flexibility index (Phi) is 3.29. The maximum Gasteiger partial charge on any atom is 0.707 e. The highest BCUT2D eigenvalue weighted by Gasteiger charge is 2.17. The highest BCUT2D eigenvalue weighted by Crippen LogP contribution is 2.28. The topological polar surface area (TPSA) is 92.8 Å². The molecular formula is C6H5BClNO5. The molecule has 0 heterocycles. The van der Waals surface area contributed by atoms with Crippen LogP contribution in [-0.2, 0) is 0 Å². The Morgan fingerprint density at radius 2 is 2.14 bits per heavy atom. The lowest BCUT2D eigenvalue weighted by molar-refractivity contribution is -0.384. The van der Waals surface area contributed by atoms with E-state index in [0.29, 0.717) is 0 Å². The van der Waals surface area contributed by atoms with E-state index in [9.17, 15) is 10.1 Å². The summed E-state index contributed by atoms with van der Waals surface area (Å²) in [7, 11) is -2.02. The van der Waals surface area contributed by atoms with Crippen LogP contribution in [0.1, 0.15) is 0 Å². The van der Waals surface area contributed by atoms with Crippen molar-refractivity contribution in [1.82, 2.24) is 0 Å². The minimum absolute atomic E-state index is 0.0453. The number of nitro benzene ring substituents is 1. The largest absolute Gasteiger partial charge is 0.707 e. The summed E-state index contributed by atoms with van der Waals surface area (Å²) in [5.41, 5.74) is -0.357. The molecule has 0 aromatic heterocycles. The third kappa shape index (κ3) is 2.59. The van der Waals surface area contributed by atoms with Gasteiger partial charge in [0.2, 0.25) is 0 Å². The fraction of sp³-hybridized carbons (Fsp3) is 0. The highest BCUT2D eigenvalue weighted by molar-refractivity contribution is 6.34. The van der Waals surface area contributed by atoms with Gasteiger partial charge in [-0.2, -0.15) is 0 Å². The van der Waals surface area contributed by atoms with E-state index in [1.807, 2.05) is 0 Å². The van der Waals surface area contributed by atoms with Gasteiger partial charge in [-0.15, -0.1) is 0 Å². The maximum absolute atomic E-state index is 10.4.